The first kappa shape index (κ1) is 15.2. The van der Waals surface area contributed by atoms with Gasteiger partial charge in [0.25, 0.3) is 0 Å². The van der Waals surface area contributed by atoms with Crippen LogP contribution in [0.25, 0.3) is 0 Å². The van der Waals surface area contributed by atoms with E-state index >= 15 is 0 Å². The zero-order chi connectivity index (χ0) is 13.6. The summed E-state index contributed by atoms with van der Waals surface area (Å²) in [5.74, 6) is 0.771. The van der Waals surface area contributed by atoms with Crippen LogP contribution in [0, 0.1) is 0 Å². The lowest BCUT2D eigenvalue weighted by molar-refractivity contribution is -0.132. The Morgan fingerprint density at radius 1 is 1.28 bits per heavy atom. The first-order valence-corrected chi connectivity index (χ1v) is 7.29. The Bertz CT molecular complexity index is 302. The summed E-state index contributed by atoms with van der Waals surface area (Å²) in [7, 11) is 0. The first-order chi connectivity index (χ1) is 8.66. The fraction of sp³-hybridized carbons (Fsp3) is 0.800. The number of ketones is 1. The van der Waals surface area contributed by atoms with Gasteiger partial charge in [-0.25, -0.2) is 0 Å². The number of Topliss-reactive ketones (excluding diaryl/α,β-unsaturated/α-hetero) is 1. The van der Waals surface area contributed by atoms with Crippen molar-refractivity contribution in [1.29, 1.82) is 0 Å². The van der Waals surface area contributed by atoms with Crippen LogP contribution in [0.4, 0.5) is 0 Å². The second-order valence-corrected chi connectivity index (χ2v) is 4.80. The second kappa shape index (κ2) is 6.93. The Labute approximate surface area is 111 Å². The first-order valence-electron chi connectivity index (χ1n) is 7.29. The maximum Gasteiger partial charge on any atom is 0.217 e. The molecule has 104 valence electrons. The largest absolute Gasteiger partial charge is 0.490 e. The molecule has 0 fully saturated rings. The molecule has 0 saturated heterocycles. The Hall–Kier alpha value is -0.830. The van der Waals surface area contributed by atoms with Gasteiger partial charge in [0.15, 0.2) is 5.76 Å². The molecule has 0 spiro atoms. The third kappa shape index (κ3) is 2.77. The lowest BCUT2D eigenvalue weighted by Crippen LogP contribution is -2.54. The third-order valence-corrected chi connectivity index (χ3v) is 4.12. The van der Waals surface area contributed by atoms with Crippen molar-refractivity contribution in [3.63, 3.8) is 0 Å². The molecule has 0 aromatic carbocycles. The summed E-state index contributed by atoms with van der Waals surface area (Å²) in [4.78, 5) is 15.1. The van der Waals surface area contributed by atoms with Crippen molar-refractivity contribution >= 4 is 5.78 Å². The van der Waals surface area contributed by atoms with E-state index in [1.54, 1.807) is 0 Å². The van der Waals surface area contributed by atoms with E-state index < -0.39 is 0 Å². The minimum absolute atomic E-state index is 0.177. The molecule has 0 N–H and O–H groups in total. The molecule has 0 amide bonds. The van der Waals surface area contributed by atoms with Crippen LogP contribution in [0.5, 0.6) is 0 Å². The number of likely N-dealkylation sites (N-methyl/N-ethyl adjacent to an activating group) is 1. The van der Waals surface area contributed by atoms with Crippen molar-refractivity contribution in [2.75, 3.05) is 19.7 Å². The molecule has 0 aromatic heterocycles. The summed E-state index contributed by atoms with van der Waals surface area (Å²) >= 11 is 0. The van der Waals surface area contributed by atoms with Crippen LogP contribution in [0.3, 0.4) is 0 Å². The summed E-state index contributed by atoms with van der Waals surface area (Å²) < 4.78 is 5.57. The second-order valence-electron chi connectivity index (χ2n) is 4.80. The van der Waals surface area contributed by atoms with E-state index in [0.717, 1.165) is 38.8 Å². The molecule has 0 aromatic rings. The highest BCUT2D eigenvalue weighted by Crippen LogP contribution is 2.29. The van der Waals surface area contributed by atoms with Crippen LogP contribution in [-0.2, 0) is 9.53 Å². The van der Waals surface area contributed by atoms with Crippen LogP contribution in [0.2, 0.25) is 0 Å². The standard InChI is InChI=1S/C15H27NO2/c1-5-15(6-2,16(7-3)8-4)14(17)13-11-9-10-12-18-13/h11H,5-10,12H2,1-4H3. The summed E-state index contributed by atoms with van der Waals surface area (Å²) in [6, 6.07) is 0. The van der Waals surface area contributed by atoms with Crippen LogP contribution in [0.1, 0.15) is 53.4 Å². The van der Waals surface area contributed by atoms with Crippen LogP contribution >= 0.6 is 0 Å². The number of ether oxygens (including phenoxy) is 1. The average molecular weight is 253 g/mol. The number of carbonyl (C=O) groups excluding carboxylic acids is 1. The lowest BCUT2D eigenvalue weighted by Gasteiger charge is -2.41. The molecule has 18 heavy (non-hydrogen) atoms. The Morgan fingerprint density at radius 3 is 2.28 bits per heavy atom. The number of nitrogens with zero attached hydrogens (tertiary/aromatic N) is 1. The predicted molar refractivity (Wildman–Crippen MR) is 74.5 cm³/mol. The van der Waals surface area contributed by atoms with Gasteiger partial charge in [-0.3, -0.25) is 9.69 Å². The van der Waals surface area contributed by atoms with Crippen molar-refractivity contribution in [2.45, 2.75) is 58.9 Å². The molecular weight excluding hydrogens is 226 g/mol. The summed E-state index contributed by atoms with van der Waals surface area (Å²) in [5.41, 5.74) is -0.382. The molecule has 0 bridgehead atoms. The van der Waals surface area contributed by atoms with E-state index in [9.17, 15) is 4.79 Å². The molecule has 1 heterocycles. The van der Waals surface area contributed by atoms with Gasteiger partial charge in [-0.1, -0.05) is 27.7 Å². The highest BCUT2D eigenvalue weighted by atomic mass is 16.5. The Morgan fingerprint density at radius 2 is 1.89 bits per heavy atom. The van der Waals surface area contributed by atoms with Crippen molar-refractivity contribution in [3.05, 3.63) is 11.8 Å². The molecule has 0 saturated carbocycles. The van der Waals surface area contributed by atoms with Gasteiger partial charge in [0.1, 0.15) is 0 Å². The zero-order valence-corrected chi connectivity index (χ0v) is 12.3. The molecular formula is C15H27NO2. The molecule has 1 aliphatic heterocycles. The van der Waals surface area contributed by atoms with E-state index in [0.29, 0.717) is 12.4 Å². The molecule has 1 rings (SSSR count). The molecule has 0 radical (unpaired) electrons. The van der Waals surface area contributed by atoms with E-state index in [4.69, 9.17) is 4.74 Å². The van der Waals surface area contributed by atoms with Gasteiger partial charge in [0.2, 0.25) is 5.78 Å². The zero-order valence-electron chi connectivity index (χ0n) is 12.3. The van der Waals surface area contributed by atoms with E-state index in [-0.39, 0.29) is 11.3 Å². The summed E-state index contributed by atoms with van der Waals surface area (Å²) in [6.07, 6.45) is 5.63. The quantitative estimate of drug-likeness (QED) is 0.698. The van der Waals surface area contributed by atoms with E-state index in [1.165, 1.54) is 0 Å². The molecule has 1 aliphatic rings. The van der Waals surface area contributed by atoms with Gasteiger partial charge in [-0.05, 0) is 44.8 Å². The average Bonchev–Trinajstić information content (AvgIpc) is 2.45. The highest BCUT2D eigenvalue weighted by molar-refractivity contribution is 6.01. The molecule has 0 aliphatic carbocycles. The minimum Gasteiger partial charge on any atom is -0.490 e. The minimum atomic E-state index is -0.382. The molecule has 0 atom stereocenters. The fourth-order valence-corrected chi connectivity index (χ4v) is 2.94. The van der Waals surface area contributed by atoms with E-state index in [2.05, 4.69) is 32.6 Å². The number of carbonyl (C=O) groups is 1. The Balaban J connectivity index is 3.02. The number of rotatable bonds is 7. The normalized spacial score (nSPS) is 16.4. The van der Waals surface area contributed by atoms with Crippen LogP contribution in [0.15, 0.2) is 11.8 Å². The predicted octanol–water partition coefficient (Wildman–Crippen LogP) is 3.15. The lowest BCUT2D eigenvalue weighted by atomic mass is 9.84. The highest BCUT2D eigenvalue weighted by Gasteiger charge is 2.41. The van der Waals surface area contributed by atoms with Crippen LogP contribution in [-0.4, -0.2) is 35.9 Å². The van der Waals surface area contributed by atoms with Crippen molar-refractivity contribution in [2.24, 2.45) is 0 Å². The topological polar surface area (TPSA) is 29.5 Å². The number of hydrogen-bond donors (Lipinski definition) is 0. The van der Waals surface area contributed by atoms with Gasteiger partial charge >= 0.3 is 0 Å². The van der Waals surface area contributed by atoms with Gasteiger partial charge in [-0.15, -0.1) is 0 Å². The fourth-order valence-electron chi connectivity index (χ4n) is 2.94. The van der Waals surface area contributed by atoms with Gasteiger partial charge in [0, 0.05) is 0 Å². The van der Waals surface area contributed by atoms with Crippen molar-refractivity contribution in [1.82, 2.24) is 4.90 Å². The van der Waals surface area contributed by atoms with Gasteiger partial charge in [-0.2, -0.15) is 0 Å². The third-order valence-electron chi connectivity index (χ3n) is 4.12. The molecule has 0 unspecified atom stereocenters. The maximum atomic E-state index is 12.8. The molecule has 3 nitrogen and oxygen atoms in total. The Kier molecular flexibility index (Phi) is 5.86. The van der Waals surface area contributed by atoms with Gasteiger partial charge < -0.3 is 4.74 Å². The summed E-state index contributed by atoms with van der Waals surface area (Å²) in [5, 5.41) is 0. The van der Waals surface area contributed by atoms with Gasteiger partial charge in [0.05, 0.1) is 12.1 Å². The molecule has 3 heteroatoms. The number of hydrogen-bond acceptors (Lipinski definition) is 3. The van der Waals surface area contributed by atoms with E-state index in [1.807, 2.05) is 6.08 Å². The van der Waals surface area contributed by atoms with Crippen molar-refractivity contribution < 1.29 is 9.53 Å². The smallest absolute Gasteiger partial charge is 0.217 e. The SMILES string of the molecule is CCN(CC)C(CC)(CC)C(=O)C1=CCCCO1. The summed E-state index contributed by atoms with van der Waals surface area (Å²) in [6.45, 7) is 10.9. The number of allylic oxidation sites excluding steroid dienone is 1. The van der Waals surface area contributed by atoms with Crippen molar-refractivity contribution in [3.8, 4) is 0 Å². The maximum absolute atomic E-state index is 12.8. The monoisotopic (exact) mass is 253 g/mol. The van der Waals surface area contributed by atoms with Crippen LogP contribution < -0.4 is 0 Å².